The van der Waals surface area contributed by atoms with Crippen molar-refractivity contribution in [2.75, 3.05) is 6.54 Å². The number of rotatable bonds is 8. The molecule has 0 aliphatic carbocycles. The van der Waals surface area contributed by atoms with Gasteiger partial charge in [0.2, 0.25) is 11.8 Å². The molecule has 0 saturated carbocycles. The third kappa shape index (κ3) is 14.2. The topological polar surface area (TPSA) is 202 Å². The zero-order valence-corrected chi connectivity index (χ0v) is 10.7. The Morgan fingerprint density at radius 1 is 1.00 bits per heavy atom. The average molecular weight is 277 g/mol. The number of carbonyl (C=O) groups excluding carboxylic acids is 2. The number of amides is 2. The highest BCUT2D eigenvalue weighted by molar-refractivity contribution is 5.83. The van der Waals surface area contributed by atoms with Gasteiger partial charge < -0.3 is 33.8 Å². The van der Waals surface area contributed by atoms with Crippen LogP contribution in [-0.4, -0.2) is 41.5 Å². The molecule has 0 aromatic heterocycles. The predicted molar refractivity (Wildman–Crippen MR) is 69.5 cm³/mol. The molecular formula is C10H23N5O4. The quantitative estimate of drug-likeness (QED) is 0.257. The zero-order valence-electron chi connectivity index (χ0n) is 10.7. The molecule has 0 heterocycles. The second kappa shape index (κ2) is 11.4. The lowest BCUT2D eigenvalue weighted by Gasteiger charge is -2.04. The van der Waals surface area contributed by atoms with Gasteiger partial charge in [0.1, 0.15) is 6.04 Å². The molecule has 0 radical (unpaired) electrons. The van der Waals surface area contributed by atoms with Gasteiger partial charge in [-0.3, -0.25) is 14.4 Å². The van der Waals surface area contributed by atoms with Crippen LogP contribution < -0.4 is 28.7 Å². The molecule has 9 nitrogen and oxygen atoms in total. The highest BCUT2D eigenvalue weighted by atomic mass is 16.4. The summed E-state index contributed by atoms with van der Waals surface area (Å²) in [7, 11) is 0. The standard InChI is InChI=1S/C6H15N3O.C4H8N2O3/c7-4-2-1-3-5(8)6(9)10;5-2(4(8)9)1-3(6)7/h5H,1-4,7-8H2,(H2,9,10);2H,1,5H2,(H2,6,7)(H,8,9)/t5-;/m1./s1. The molecular weight excluding hydrogens is 254 g/mol. The number of carboxylic acid groups (broad SMARTS) is 1. The normalized spacial score (nSPS) is 12.8. The van der Waals surface area contributed by atoms with E-state index < -0.39 is 29.9 Å². The fourth-order valence-electron chi connectivity index (χ4n) is 0.955. The highest BCUT2D eigenvalue weighted by Crippen LogP contribution is 1.96. The van der Waals surface area contributed by atoms with Crippen molar-refractivity contribution < 1.29 is 19.5 Å². The van der Waals surface area contributed by atoms with Crippen molar-refractivity contribution in [1.29, 1.82) is 0 Å². The summed E-state index contributed by atoms with van der Waals surface area (Å²) in [6.07, 6.45) is 2.11. The fourth-order valence-corrected chi connectivity index (χ4v) is 0.955. The van der Waals surface area contributed by atoms with Crippen LogP contribution in [0, 0.1) is 0 Å². The number of carbonyl (C=O) groups is 3. The SMILES string of the molecule is NC(=O)CC(N)C(=O)O.NCCCC[C@@H](N)C(N)=O. The van der Waals surface area contributed by atoms with Crippen molar-refractivity contribution in [2.24, 2.45) is 28.7 Å². The van der Waals surface area contributed by atoms with E-state index in [4.69, 9.17) is 28.0 Å². The summed E-state index contributed by atoms with van der Waals surface area (Å²) in [5.41, 5.74) is 25.1. The summed E-state index contributed by atoms with van der Waals surface area (Å²) in [6.45, 7) is 0.644. The fraction of sp³-hybridized carbons (Fsp3) is 0.700. The monoisotopic (exact) mass is 277 g/mol. The number of aliphatic carboxylic acids is 1. The summed E-state index contributed by atoms with van der Waals surface area (Å²) >= 11 is 0. The Labute approximate surface area is 111 Å². The molecule has 11 N–H and O–H groups in total. The van der Waals surface area contributed by atoms with Crippen molar-refractivity contribution >= 4 is 17.8 Å². The van der Waals surface area contributed by atoms with Crippen molar-refractivity contribution in [3.63, 3.8) is 0 Å². The van der Waals surface area contributed by atoms with Gasteiger partial charge in [-0.15, -0.1) is 0 Å². The van der Waals surface area contributed by atoms with E-state index in [2.05, 4.69) is 5.73 Å². The van der Waals surface area contributed by atoms with Gasteiger partial charge in [0.25, 0.3) is 0 Å². The molecule has 0 bridgehead atoms. The maximum absolute atomic E-state index is 10.4. The van der Waals surface area contributed by atoms with Crippen molar-refractivity contribution in [1.82, 2.24) is 0 Å². The molecule has 0 rings (SSSR count). The van der Waals surface area contributed by atoms with Crippen LogP contribution in [0.3, 0.4) is 0 Å². The minimum absolute atomic E-state index is 0.310. The lowest BCUT2D eigenvalue weighted by Crippen LogP contribution is -2.36. The smallest absolute Gasteiger partial charge is 0.321 e. The summed E-state index contributed by atoms with van der Waals surface area (Å²) in [4.78, 5) is 30.3. The van der Waals surface area contributed by atoms with E-state index >= 15 is 0 Å². The van der Waals surface area contributed by atoms with E-state index in [0.29, 0.717) is 13.0 Å². The van der Waals surface area contributed by atoms with Crippen LogP contribution in [0.1, 0.15) is 25.7 Å². The first kappa shape index (κ1) is 19.6. The van der Waals surface area contributed by atoms with Crippen molar-refractivity contribution in [2.45, 2.75) is 37.8 Å². The Balaban J connectivity index is 0. The largest absolute Gasteiger partial charge is 0.480 e. The van der Waals surface area contributed by atoms with Crippen LogP contribution in [0.4, 0.5) is 0 Å². The van der Waals surface area contributed by atoms with E-state index in [-0.39, 0.29) is 6.42 Å². The van der Waals surface area contributed by atoms with Crippen LogP contribution >= 0.6 is 0 Å². The zero-order chi connectivity index (χ0) is 15.4. The number of hydrogen-bond acceptors (Lipinski definition) is 6. The van der Waals surface area contributed by atoms with E-state index in [1.165, 1.54) is 0 Å². The summed E-state index contributed by atoms with van der Waals surface area (Å²) in [6, 6.07) is -1.66. The summed E-state index contributed by atoms with van der Waals surface area (Å²) in [5, 5.41) is 8.10. The minimum atomic E-state index is -1.21. The van der Waals surface area contributed by atoms with Crippen LogP contribution in [-0.2, 0) is 14.4 Å². The lowest BCUT2D eigenvalue weighted by atomic mass is 10.1. The molecule has 0 aromatic carbocycles. The third-order valence-corrected chi connectivity index (χ3v) is 2.07. The van der Waals surface area contributed by atoms with Crippen LogP contribution in [0.2, 0.25) is 0 Å². The Kier molecular flexibility index (Phi) is 11.8. The van der Waals surface area contributed by atoms with E-state index in [9.17, 15) is 14.4 Å². The first-order valence-electron chi connectivity index (χ1n) is 5.74. The second-order valence-electron chi connectivity index (χ2n) is 3.91. The van der Waals surface area contributed by atoms with Gasteiger partial charge in [-0.25, -0.2) is 0 Å². The van der Waals surface area contributed by atoms with E-state index in [1.54, 1.807) is 0 Å². The molecule has 0 aliphatic heterocycles. The summed E-state index contributed by atoms with van der Waals surface area (Å²) < 4.78 is 0. The first-order chi connectivity index (χ1) is 8.72. The molecule has 1 unspecified atom stereocenters. The summed E-state index contributed by atoms with van der Waals surface area (Å²) in [5.74, 6) is -2.35. The van der Waals surface area contributed by atoms with E-state index in [1.807, 2.05) is 0 Å². The molecule has 0 spiro atoms. The molecule has 0 aliphatic rings. The Morgan fingerprint density at radius 2 is 1.53 bits per heavy atom. The number of carboxylic acids is 1. The molecule has 19 heavy (non-hydrogen) atoms. The first-order valence-corrected chi connectivity index (χ1v) is 5.74. The van der Waals surface area contributed by atoms with Gasteiger partial charge in [-0.05, 0) is 19.4 Å². The molecule has 2 atom stereocenters. The van der Waals surface area contributed by atoms with Crippen molar-refractivity contribution in [3.8, 4) is 0 Å². The maximum atomic E-state index is 10.4. The maximum Gasteiger partial charge on any atom is 0.321 e. The Morgan fingerprint density at radius 3 is 1.79 bits per heavy atom. The third-order valence-electron chi connectivity index (χ3n) is 2.07. The Hall–Kier alpha value is -1.71. The lowest BCUT2D eigenvalue weighted by molar-refractivity contribution is -0.140. The average Bonchev–Trinajstić information content (AvgIpc) is 2.28. The Bertz CT molecular complexity index is 298. The van der Waals surface area contributed by atoms with Crippen LogP contribution in [0.15, 0.2) is 0 Å². The van der Waals surface area contributed by atoms with E-state index in [0.717, 1.165) is 12.8 Å². The number of primary amides is 2. The highest BCUT2D eigenvalue weighted by Gasteiger charge is 2.13. The number of hydrogen-bond donors (Lipinski definition) is 6. The van der Waals surface area contributed by atoms with Crippen molar-refractivity contribution in [3.05, 3.63) is 0 Å². The predicted octanol–water partition coefficient (Wildman–Crippen LogP) is -2.80. The molecule has 112 valence electrons. The molecule has 9 heteroatoms. The molecule has 0 fully saturated rings. The van der Waals surface area contributed by atoms with Crippen LogP contribution in [0.25, 0.3) is 0 Å². The van der Waals surface area contributed by atoms with Gasteiger partial charge in [-0.1, -0.05) is 6.42 Å². The van der Waals surface area contributed by atoms with Gasteiger partial charge >= 0.3 is 5.97 Å². The minimum Gasteiger partial charge on any atom is -0.480 e. The van der Waals surface area contributed by atoms with Gasteiger partial charge in [0.15, 0.2) is 0 Å². The van der Waals surface area contributed by atoms with Gasteiger partial charge in [0.05, 0.1) is 12.5 Å². The number of unbranched alkanes of at least 4 members (excludes halogenated alkanes) is 1. The van der Waals surface area contributed by atoms with Gasteiger partial charge in [0, 0.05) is 0 Å². The number of nitrogens with two attached hydrogens (primary N) is 5. The van der Waals surface area contributed by atoms with Gasteiger partial charge in [-0.2, -0.15) is 0 Å². The molecule has 0 aromatic rings. The molecule has 2 amide bonds. The van der Waals surface area contributed by atoms with Crippen LogP contribution in [0.5, 0.6) is 0 Å². The molecule has 0 saturated heterocycles. The second-order valence-corrected chi connectivity index (χ2v) is 3.91.